The van der Waals surface area contributed by atoms with E-state index in [1.807, 2.05) is 12.2 Å². The van der Waals surface area contributed by atoms with Crippen LogP contribution in [0.25, 0.3) is 0 Å². The zero-order chi connectivity index (χ0) is 13.6. The molecule has 1 fully saturated rings. The van der Waals surface area contributed by atoms with Gasteiger partial charge in [0, 0.05) is 6.07 Å². The van der Waals surface area contributed by atoms with Gasteiger partial charge in [-0.1, -0.05) is 12.2 Å². The molecule has 2 aliphatic rings. The Morgan fingerprint density at radius 2 is 1.68 bits per heavy atom. The Bertz CT molecular complexity index is 570. The van der Waals surface area contributed by atoms with E-state index in [1.165, 1.54) is 12.1 Å². The van der Waals surface area contributed by atoms with Crippen molar-refractivity contribution >= 4 is 17.5 Å². The summed E-state index contributed by atoms with van der Waals surface area (Å²) in [5, 5.41) is 9.18. The average molecular weight is 261 g/mol. The second-order valence-electron chi connectivity index (χ2n) is 4.80. The molecule has 0 saturated carbocycles. The summed E-state index contributed by atoms with van der Waals surface area (Å²) < 4.78 is 13.8. The number of aromatic hydroxyl groups is 1. The lowest BCUT2D eigenvalue weighted by Gasteiger charge is -2.15. The van der Waals surface area contributed by atoms with Crippen molar-refractivity contribution in [3.05, 3.63) is 36.2 Å². The van der Waals surface area contributed by atoms with Crippen LogP contribution in [0.3, 0.4) is 0 Å². The highest BCUT2D eigenvalue weighted by Gasteiger charge is 2.48. The molecule has 5 heteroatoms. The fourth-order valence-corrected chi connectivity index (χ4v) is 2.71. The summed E-state index contributed by atoms with van der Waals surface area (Å²) in [6.45, 7) is 0. The number of carbonyl (C=O) groups excluding carboxylic acids is 2. The molecule has 4 nitrogen and oxygen atoms in total. The molecule has 1 aromatic rings. The quantitative estimate of drug-likeness (QED) is 0.621. The third-order valence-electron chi connectivity index (χ3n) is 3.68. The summed E-state index contributed by atoms with van der Waals surface area (Å²) in [4.78, 5) is 25.4. The predicted octanol–water partition coefficient (Wildman–Crippen LogP) is 1.99. The van der Waals surface area contributed by atoms with Gasteiger partial charge in [-0.25, -0.2) is 9.29 Å². The molecule has 1 saturated heterocycles. The maximum Gasteiger partial charge on any atom is 0.238 e. The molecule has 19 heavy (non-hydrogen) atoms. The topological polar surface area (TPSA) is 57.6 Å². The van der Waals surface area contributed by atoms with Gasteiger partial charge >= 0.3 is 0 Å². The smallest absolute Gasteiger partial charge is 0.238 e. The molecule has 0 radical (unpaired) electrons. The van der Waals surface area contributed by atoms with Crippen LogP contribution < -0.4 is 4.90 Å². The summed E-state index contributed by atoms with van der Waals surface area (Å²) in [7, 11) is 0. The Balaban J connectivity index is 2.02. The Labute approximate surface area is 109 Å². The zero-order valence-electron chi connectivity index (χ0n) is 10.0. The number of nitrogens with zero attached hydrogens (tertiary/aromatic N) is 1. The van der Waals surface area contributed by atoms with Crippen molar-refractivity contribution in [2.75, 3.05) is 4.90 Å². The minimum atomic E-state index is -0.770. The summed E-state index contributed by atoms with van der Waals surface area (Å²) >= 11 is 0. The van der Waals surface area contributed by atoms with E-state index in [1.54, 1.807) is 0 Å². The van der Waals surface area contributed by atoms with E-state index in [0.29, 0.717) is 12.8 Å². The molecule has 1 aliphatic heterocycles. The first-order valence-electron chi connectivity index (χ1n) is 6.11. The molecule has 2 unspecified atom stereocenters. The number of amides is 2. The lowest BCUT2D eigenvalue weighted by Crippen LogP contribution is -2.31. The molecule has 2 amide bonds. The van der Waals surface area contributed by atoms with Crippen LogP contribution in [0, 0.1) is 17.7 Å². The first kappa shape index (κ1) is 11.9. The Kier molecular flexibility index (Phi) is 2.62. The normalized spacial score (nSPS) is 25.8. The number of hydrogen-bond acceptors (Lipinski definition) is 3. The van der Waals surface area contributed by atoms with Gasteiger partial charge in [-0.15, -0.1) is 0 Å². The van der Waals surface area contributed by atoms with Crippen LogP contribution in [0.15, 0.2) is 30.4 Å². The fourth-order valence-electron chi connectivity index (χ4n) is 2.71. The summed E-state index contributed by atoms with van der Waals surface area (Å²) in [5.74, 6) is -2.49. The fraction of sp³-hybridized carbons (Fsp3) is 0.286. The van der Waals surface area contributed by atoms with Crippen LogP contribution in [0.4, 0.5) is 10.1 Å². The van der Waals surface area contributed by atoms with Crippen molar-refractivity contribution in [2.24, 2.45) is 11.8 Å². The molecule has 3 rings (SSSR count). The molecule has 2 atom stereocenters. The number of rotatable bonds is 1. The highest BCUT2D eigenvalue weighted by molar-refractivity contribution is 6.22. The van der Waals surface area contributed by atoms with Crippen molar-refractivity contribution in [3.63, 3.8) is 0 Å². The van der Waals surface area contributed by atoms with Crippen LogP contribution in [0.2, 0.25) is 0 Å². The first-order chi connectivity index (χ1) is 9.09. The number of imide groups is 1. The van der Waals surface area contributed by atoms with Gasteiger partial charge in [0.15, 0.2) is 5.82 Å². The Morgan fingerprint density at radius 3 is 2.21 bits per heavy atom. The second-order valence-corrected chi connectivity index (χ2v) is 4.80. The van der Waals surface area contributed by atoms with E-state index in [4.69, 9.17) is 0 Å². The lowest BCUT2D eigenvalue weighted by atomic mass is 9.85. The summed E-state index contributed by atoms with van der Waals surface area (Å²) in [5.41, 5.74) is -0.0813. The number of anilines is 1. The third-order valence-corrected chi connectivity index (χ3v) is 3.68. The summed E-state index contributed by atoms with van der Waals surface area (Å²) in [6.07, 6.45) is 4.79. The average Bonchev–Trinajstić information content (AvgIpc) is 2.64. The molecule has 0 aromatic heterocycles. The molecule has 1 N–H and O–H groups in total. The van der Waals surface area contributed by atoms with E-state index in [-0.39, 0.29) is 35.1 Å². The molecule has 0 bridgehead atoms. The van der Waals surface area contributed by atoms with Gasteiger partial charge < -0.3 is 5.11 Å². The highest BCUT2D eigenvalue weighted by Crippen LogP contribution is 2.38. The zero-order valence-corrected chi connectivity index (χ0v) is 10.0. The third kappa shape index (κ3) is 1.73. The van der Waals surface area contributed by atoms with Gasteiger partial charge in [0.1, 0.15) is 5.75 Å². The van der Waals surface area contributed by atoms with Crippen molar-refractivity contribution < 1.29 is 19.1 Å². The maximum atomic E-state index is 13.8. The number of fused-ring (bicyclic) bond motifs is 1. The van der Waals surface area contributed by atoms with E-state index in [9.17, 15) is 19.1 Å². The minimum Gasteiger partial charge on any atom is -0.508 e. The molecular formula is C14H12FNO3. The van der Waals surface area contributed by atoms with Gasteiger partial charge in [0.05, 0.1) is 17.5 Å². The maximum absolute atomic E-state index is 13.8. The summed E-state index contributed by atoms with van der Waals surface area (Å²) in [6, 6.07) is 3.42. The van der Waals surface area contributed by atoms with E-state index >= 15 is 0 Å². The van der Waals surface area contributed by atoms with Crippen LogP contribution in [0.5, 0.6) is 5.75 Å². The number of hydrogen-bond donors (Lipinski definition) is 1. The SMILES string of the molecule is O=C1C2CC=CCC2C(=O)N1c1ccc(O)cc1F. The van der Waals surface area contributed by atoms with Crippen molar-refractivity contribution in [3.8, 4) is 5.75 Å². The van der Waals surface area contributed by atoms with E-state index in [0.717, 1.165) is 11.0 Å². The highest BCUT2D eigenvalue weighted by atomic mass is 19.1. The molecule has 1 heterocycles. The van der Waals surface area contributed by atoms with Gasteiger partial charge in [-0.3, -0.25) is 9.59 Å². The number of phenols is 1. The number of halogens is 1. The number of allylic oxidation sites excluding steroid dienone is 2. The van der Waals surface area contributed by atoms with Crippen LogP contribution >= 0.6 is 0 Å². The molecule has 1 aromatic carbocycles. The van der Waals surface area contributed by atoms with E-state index < -0.39 is 5.82 Å². The van der Waals surface area contributed by atoms with Gasteiger partial charge in [-0.2, -0.15) is 0 Å². The molecule has 0 spiro atoms. The number of benzene rings is 1. The Hall–Kier alpha value is -2.17. The van der Waals surface area contributed by atoms with Crippen LogP contribution in [-0.4, -0.2) is 16.9 Å². The predicted molar refractivity (Wildman–Crippen MR) is 65.9 cm³/mol. The van der Waals surface area contributed by atoms with Crippen LogP contribution in [0.1, 0.15) is 12.8 Å². The minimum absolute atomic E-state index is 0.0813. The number of carbonyl (C=O) groups is 2. The number of phenolic OH excluding ortho intramolecular Hbond substituents is 1. The van der Waals surface area contributed by atoms with Gasteiger partial charge in [0.2, 0.25) is 11.8 Å². The van der Waals surface area contributed by atoms with Crippen molar-refractivity contribution in [1.29, 1.82) is 0 Å². The molecular weight excluding hydrogens is 249 g/mol. The second kappa shape index (κ2) is 4.19. The Morgan fingerprint density at radius 1 is 1.11 bits per heavy atom. The van der Waals surface area contributed by atoms with Crippen LogP contribution in [-0.2, 0) is 9.59 Å². The monoisotopic (exact) mass is 261 g/mol. The van der Waals surface area contributed by atoms with Gasteiger partial charge in [-0.05, 0) is 25.0 Å². The standard InChI is InChI=1S/C14H12FNO3/c15-11-7-8(17)5-6-12(11)16-13(18)9-3-1-2-4-10(9)14(16)19/h1-2,5-7,9-10,17H,3-4H2. The first-order valence-corrected chi connectivity index (χ1v) is 6.11. The molecule has 98 valence electrons. The van der Waals surface area contributed by atoms with E-state index in [2.05, 4.69) is 0 Å². The largest absolute Gasteiger partial charge is 0.508 e. The van der Waals surface area contributed by atoms with Crippen molar-refractivity contribution in [1.82, 2.24) is 0 Å². The lowest BCUT2D eigenvalue weighted by molar-refractivity contribution is -0.122. The van der Waals surface area contributed by atoms with Gasteiger partial charge in [0.25, 0.3) is 0 Å². The van der Waals surface area contributed by atoms with Crippen molar-refractivity contribution in [2.45, 2.75) is 12.8 Å². The molecule has 1 aliphatic carbocycles.